The minimum Gasteiger partial charge on any atom is -0.467 e. The molecule has 17 heavy (non-hydrogen) atoms. The van der Waals surface area contributed by atoms with Gasteiger partial charge in [0.25, 0.3) is 0 Å². The van der Waals surface area contributed by atoms with Gasteiger partial charge in [0.05, 0.1) is 19.8 Å². The zero-order chi connectivity index (χ0) is 12.3. The van der Waals surface area contributed by atoms with Gasteiger partial charge >= 0.3 is 5.97 Å². The third-order valence-corrected chi connectivity index (χ3v) is 2.73. The molecule has 1 aliphatic heterocycles. The molecule has 1 heterocycles. The van der Waals surface area contributed by atoms with Crippen molar-refractivity contribution in [2.45, 2.75) is 12.1 Å². The average Bonchev–Trinajstić information content (AvgIpc) is 2.38. The van der Waals surface area contributed by atoms with Crippen molar-refractivity contribution in [3.63, 3.8) is 0 Å². The molecule has 0 saturated carbocycles. The lowest BCUT2D eigenvalue weighted by atomic mass is 10.1. The van der Waals surface area contributed by atoms with Gasteiger partial charge in [-0.05, 0) is 17.7 Å². The molecule has 1 aliphatic rings. The molecule has 1 aromatic carbocycles. The van der Waals surface area contributed by atoms with Gasteiger partial charge in [0.2, 0.25) is 0 Å². The molecule has 1 saturated heterocycles. The Morgan fingerprint density at radius 1 is 1.59 bits per heavy atom. The van der Waals surface area contributed by atoms with E-state index in [0.29, 0.717) is 13.2 Å². The lowest BCUT2D eigenvalue weighted by Gasteiger charge is -2.29. The number of esters is 1. The van der Waals surface area contributed by atoms with Crippen molar-refractivity contribution in [1.82, 2.24) is 5.32 Å². The Bertz CT molecular complexity index is 402. The van der Waals surface area contributed by atoms with Crippen LogP contribution in [0.2, 0.25) is 0 Å². The summed E-state index contributed by atoms with van der Waals surface area (Å²) in [6, 6.07) is 6.23. The summed E-state index contributed by atoms with van der Waals surface area (Å²) in [5.74, 6) is -0.672. The van der Waals surface area contributed by atoms with E-state index in [4.69, 9.17) is 4.74 Å². The van der Waals surface area contributed by atoms with Crippen molar-refractivity contribution in [3.05, 3.63) is 35.6 Å². The van der Waals surface area contributed by atoms with E-state index in [1.807, 2.05) is 6.07 Å². The van der Waals surface area contributed by atoms with Crippen molar-refractivity contribution in [1.29, 1.82) is 0 Å². The molecule has 2 rings (SSSR count). The second-order valence-corrected chi connectivity index (χ2v) is 3.86. The topological polar surface area (TPSA) is 47.6 Å². The first kappa shape index (κ1) is 12.0. The minimum atomic E-state index is -0.579. The van der Waals surface area contributed by atoms with E-state index in [1.54, 1.807) is 6.07 Å². The monoisotopic (exact) mass is 239 g/mol. The maximum absolute atomic E-state index is 13.0. The van der Waals surface area contributed by atoms with E-state index in [-0.39, 0.29) is 11.9 Å². The number of carbonyl (C=O) groups is 1. The SMILES string of the molecule is COC(=O)C1CNC(c2cccc(F)c2)CO1. The predicted octanol–water partition coefficient (Wildman–Crippen LogP) is 1.03. The summed E-state index contributed by atoms with van der Waals surface area (Å²) in [4.78, 5) is 11.2. The highest BCUT2D eigenvalue weighted by Crippen LogP contribution is 2.18. The van der Waals surface area contributed by atoms with Crippen LogP contribution in [0.15, 0.2) is 24.3 Å². The van der Waals surface area contributed by atoms with Crippen LogP contribution < -0.4 is 5.32 Å². The number of methoxy groups -OCH3 is 1. The molecule has 0 radical (unpaired) electrons. The molecule has 0 aromatic heterocycles. The van der Waals surface area contributed by atoms with Gasteiger partial charge in [-0.1, -0.05) is 12.1 Å². The Balaban J connectivity index is 1.97. The Kier molecular flexibility index (Phi) is 3.71. The van der Waals surface area contributed by atoms with Crippen LogP contribution in [-0.2, 0) is 14.3 Å². The molecule has 0 aliphatic carbocycles. The molecular formula is C12H14FNO3. The normalized spacial score (nSPS) is 24.4. The molecule has 5 heteroatoms. The smallest absolute Gasteiger partial charge is 0.336 e. The Morgan fingerprint density at radius 3 is 3.00 bits per heavy atom. The number of carbonyl (C=O) groups excluding carboxylic acids is 1. The van der Waals surface area contributed by atoms with Gasteiger partial charge in [-0.2, -0.15) is 0 Å². The van der Waals surface area contributed by atoms with Crippen LogP contribution in [-0.4, -0.2) is 32.3 Å². The van der Waals surface area contributed by atoms with Gasteiger partial charge in [-0.25, -0.2) is 9.18 Å². The first-order valence-corrected chi connectivity index (χ1v) is 5.39. The predicted molar refractivity (Wildman–Crippen MR) is 58.9 cm³/mol. The fourth-order valence-corrected chi connectivity index (χ4v) is 1.80. The summed E-state index contributed by atoms with van der Waals surface area (Å²) in [6.45, 7) is 0.692. The van der Waals surface area contributed by atoms with Gasteiger partial charge in [-0.15, -0.1) is 0 Å². The van der Waals surface area contributed by atoms with Crippen LogP contribution >= 0.6 is 0 Å². The summed E-state index contributed by atoms with van der Waals surface area (Å²) in [5, 5.41) is 3.14. The summed E-state index contributed by atoms with van der Waals surface area (Å²) in [5.41, 5.74) is 0.813. The van der Waals surface area contributed by atoms with Gasteiger partial charge in [0.15, 0.2) is 6.10 Å². The van der Waals surface area contributed by atoms with Crippen molar-refractivity contribution in [3.8, 4) is 0 Å². The van der Waals surface area contributed by atoms with E-state index < -0.39 is 12.1 Å². The van der Waals surface area contributed by atoms with Crippen molar-refractivity contribution in [2.24, 2.45) is 0 Å². The van der Waals surface area contributed by atoms with E-state index in [9.17, 15) is 9.18 Å². The largest absolute Gasteiger partial charge is 0.467 e. The van der Waals surface area contributed by atoms with Crippen LogP contribution in [0, 0.1) is 5.82 Å². The number of ether oxygens (including phenoxy) is 2. The second-order valence-electron chi connectivity index (χ2n) is 3.86. The highest BCUT2D eigenvalue weighted by molar-refractivity contribution is 5.74. The van der Waals surface area contributed by atoms with E-state index >= 15 is 0 Å². The summed E-state index contributed by atoms with van der Waals surface area (Å²) >= 11 is 0. The molecule has 4 nitrogen and oxygen atoms in total. The highest BCUT2D eigenvalue weighted by atomic mass is 19.1. The van der Waals surface area contributed by atoms with E-state index in [0.717, 1.165) is 5.56 Å². The fraction of sp³-hybridized carbons (Fsp3) is 0.417. The zero-order valence-electron chi connectivity index (χ0n) is 9.48. The fourth-order valence-electron chi connectivity index (χ4n) is 1.80. The molecule has 1 fully saturated rings. The molecule has 2 atom stereocenters. The maximum Gasteiger partial charge on any atom is 0.336 e. The lowest BCUT2D eigenvalue weighted by Crippen LogP contribution is -2.45. The number of halogens is 1. The molecule has 1 aromatic rings. The van der Waals surface area contributed by atoms with E-state index in [1.165, 1.54) is 19.2 Å². The molecule has 1 N–H and O–H groups in total. The first-order valence-electron chi connectivity index (χ1n) is 5.39. The molecule has 2 unspecified atom stereocenters. The quantitative estimate of drug-likeness (QED) is 0.783. The highest BCUT2D eigenvalue weighted by Gasteiger charge is 2.27. The summed E-state index contributed by atoms with van der Waals surface area (Å²) in [6.07, 6.45) is -0.579. The first-order chi connectivity index (χ1) is 8.20. The van der Waals surface area contributed by atoms with Gasteiger partial charge < -0.3 is 14.8 Å². The zero-order valence-corrected chi connectivity index (χ0v) is 9.48. The third kappa shape index (κ3) is 2.81. The van der Waals surface area contributed by atoms with Crippen LogP contribution in [0.25, 0.3) is 0 Å². The number of hydrogen-bond donors (Lipinski definition) is 1. The van der Waals surface area contributed by atoms with Crippen LogP contribution in [0.1, 0.15) is 11.6 Å². The Morgan fingerprint density at radius 2 is 2.41 bits per heavy atom. The molecule has 0 spiro atoms. The standard InChI is InChI=1S/C12H14FNO3/c1-16-12(15)11-6-14-10(7-17-11)8-3-2-4-9(13)5-8/h2-5,10-11,14H,6-7H2,1H3. The maximum atomic E-state index is 13.0. The third-order valence-electron chi connectivity index (χ3n) is 2.73. The molecule has 0 amide bonds. The Labute approximate surface area is 98.7 Å². The van der Waals surface area contributed by atoms with Crippen LogP contribution in [0.4, 0.5) is 4.39 Å². The number of rotatable bonds is 2. The van der Waals surface area contributed by atoms with Crippen molar-refractivity contribution >= 4 is 5.97 Å². The second kappa shape index (κ2) is 5.25. The van der Waals surface area contributed by atoms with Crippen LogP contribution in [0.3, 0.4) is 0 Å². The van der Waals surface area contributed by atoms with Gasteiger partial charge in [0, 0.05) is 6.54 Å². The summed E-state index contributed by atoms with van der Waals surface area (Å²) in [7, 11) is 1.32. The number of morpholine rings is 1. The number of benzene rings is 1. The summed E-state index contributed by atoms with van der Waals surface area (Å²) < 4.78 is 23.0. The minimum absolute atomic E-state index is 0.0911. The number of nitrogens with one attached hydrogen (secondary N) is 1. The molecular weight excluding hydrogens is 225 g/mol. The lowest BCUT2D eigenvalue weighted by molar-refractivity contribution is -0.156. The Hall–Kier alpha value is -1.46. The van der Waals surface area contributed by atoms with Gasteiger partial charge in [-0.3, -0.25) is 0 Å². The number of hydrogen-bond acceptors (Lipinski definition) is 4. The molecule has 92 valence electrons. The van der Waals surface area contributed by atoms with Crippen molar-refractivity contribution < 1.29 is 18.7 Å². The van der Waals surface area contributed by atoms with Crippen LogP contribution in [0.5, 0.6) is 0 Å². The molecule has 0 bridgehead atoms. The van der Waals surface area contributed by atoms with Gasteiger partial charge in [0.1, 0.15) is 5.82 Å². The average molecular weight is 239 g/mol. The van der Waals surface area contributed by atoms with Crippen molar-refractivity contribution in [2.75, 3.05) is 20.3 Å². The van der Waals surface area contributed by atoms with E-state index in [2.05, 4.69) is 10.1 Å².